The smallest absolute Gasteiger partial charge is 0.263 e. The number of carbonyl (C=O) groups is 1. The molecule has 27 heavy (non-hydrogen) atoms. The topological polar surface area (TPSA) is 64.0 Å². The summed E-state index contributed by atoms with van der Waals surface area (Å²) in [7, 11) is 1.65. The number of carbonyl (C=O) groups excluding carboxylic acids is 1. The molecule has 0 atom stereocenters. The third kappa shape index (κ3) is 4.39. The van der Waals surface area contributed by atoms with Crippen molar-refractivity contribution in [1.82, 2.24) is 14.9 Å². The molecule has 0 radical (unpaired) electrons. The van der Waals surface area contributed by atoms with Gasteiger partial charge in [-0.15, -0.1) is 11.3 Å². The molecule has 3 aromatic rings. The maximum atomic E-state index is 13.2. The molecule has 0 unspecified atom stereocenters. The molecule has 8 heteroatoms. The Hall–Kier alpha value is -2.19. The molecule has 0 saturated carbocycles. The first-order valence-corrected chi connectivity index (χ1v) is 10.4. The zero-order valence-electron chi connectivity index (χ0n) is 15.3. The van der Waals surface area contributed by atoms with Gasteiger partial charge in [-0.25, -0.2) is 9.37 Å². The number of amides is 1. The summed E-state index contributed by atoms with van der Waals surface area (Å²) in [6, 6.07) is 6.05. The van der Waals surface area contributed by atoms with Gasteiger partial charge in [0.1, 0.15) is 10.6 Å². The monoisotopic (exact) mass is 405 g/mol. The largest absolute Gasteiger partial charge is 0.355 e. The Morgan fingerprint density at radius 2 is 2.04 bits per heavy atom. The summed E-state index contributed by atoms with van der Waals surface area (Å²) in [6.45, 7) is 4.68. The SMILES string of the molecule is CC(C)CNC(=O)CSc1nc2scc(-c3ccc(F)cc3)c2c(=O)n1C. The second kappa shape index (κ2) is 8.22. The van der Waals surface area contributed by atoms with Crippen LogP contribution in [0.3, 0.4) is 0 Å². The molecule has 0 aliphatic rings. The number of fused-ring (bicyclic) bond motifs is 1. The molecule has 1 aromatic carbocycles. The van der Waals surface area contributed by atoms with Gasteiger partial charge in [0.2, 0.25) is 5.91 Å². The third-order valence-electron chi connectivity index (χ3n) is 3.97. The number of halogens is 1. The van der Waals surface area contributed by atoms with Gasteiger partial charge < -0.3 is 5.32 Å². The highest BCUT2D eigenvalue weighted by atomic mass is 32.2. The molecule has 2 heterocycles. The van der Waals surface area contributed by atoms with E-state index in [1.165, 1.54) is 39.8 Å². The number of hydrogen-bond acceptors (Lipinski definition) is 5. The van der Waals surface area contributed by atoms with Crippen molar-refractivity contribution < 1.29 is 9.18 Å². The molecule has 0 aliphatic heterocycles. The van der Waals surface area contributed by atoms with Gasteiger partial charge in [0.15, 0.2) is 5.16 Å². The number of nitrogens with zero attached hydrogens (tertiary/aromatic N) is 2. The highest BCUT2D eigenvalue weighted by Gasteiger charge is 2.16. The van der Waals surface area contributed by atoms with Crippen molar-refractivity contribution >= 4 is 39.2 Å². The van der Waals surface area contributed by atoms with Crippen molar-refractivity contribution in [2.24, 2.45) is 13.0 Å². The maximum Gasteiger partial charge on any atom is 0.263 e. The van der Waals surface area contributed by atoms with E-state index in [-0.39, 0.29) is 23.0 Å². The number of nitrogens with one attached hydrogen (secondary N) is 1. The molecule has 2 aromatic heterocycles. The molecule has 0 bridgehead atoms. The minimum atomic E-state index is -0.321. The first kappa shape index (κ1) is 19.6. The van der Waals surface area contributed by atoms with Crippen molar-refractivity contribution in [3.8, 4) is 11.1 Å². The summed E-state index contributed by atoms with van der Waals surface area (Å²) < 4.78 is 14.6. The van der Waals surface area contributed by atoms with Gasteiger partial charge in [0, 0.05) is 24.5 Å². The Morgan fingerprint density at radius 1 is 1.33 bits per heavy atom. The van der Waals surface area contributed by atoms with E-state index in [0.717, 1.165) is 11.1 Å². The lowest BCUT2D eigenvalue weighted by molar-refractivity contribution is -0.118. The second-order valence-electron chi connectivity index (χ2n) is 6.58. The molecular weight excluding hydrogens is 385 g/mol. The molecule has 3 rings (SSSR count). The van der Waals surface area contributed by atoms with E-state index in [4.69, 9.17) is 0 Å². The molecule has 1 N–H and O–H groups in total. The summed E-state index contributed by atoms with van der Waals surface area (Å²) in [5.41, 5.74) is 1.34. The van der Waals surface area contributed by atoms with E-state index in [2.05, 4.69) is 10.3 Å². The fourth-order valence-corrected chi connectivity index (χ4v) is 4.31. The van der Waals surface area contributed by atoms with Crippen LogP contribution in [0.4, 0.5) is 4.39 Å². The minimum Gasteiger partial charge on any atom is -0.355 e. The van der Waals surface area contributed by atoms with Crippen molar-refractivity contribution in [3.05, 3.63) is 45.8 Å². The second-order valence-corrected chi connectivity index (χ2v) is 8.38. The van der Waals surface area contributed by atoms with Crippen LogP contribution >= 0.6 is 23.1 Å². The van der Waals surface area contributed by atoms with Gasteiger partial charge in [-0.05, 0) is 23.6 Å². The highest BCUT2D eigenvalue weighted by molar-refractivity contribution is 7.99. The van der Waals surface area contributed by atoms with Crippen LogP contribution in [0.2, 0.25) is 0 Å². The zero-order chi connectivity index (χ0) is 19.6. The number of thiophene rings is 1. The summed E-state index contributed by atoms with van der Waals surface area (Å²) >= 11 is 2.61. The van der Waals surface area contributed by atoms with Crippen molar-refractivity contribution in [2.45, 2.75) is 19.0 Å². The minimum absolute atomic E-state index is 0.0822. The van der Waals surface area contributed by atoms with E-state index in [1.807, 2.05) is 19.2 Å². The van der Waals surface area contributed by atoms with E-state index in [0.29, 0.717) is 27.8 Å². The van der Waals surface area contributed by atoms with Crippen molar-refractivity contribution in [1.29, 1.82) is 0 Å². The fourth-order valence-electron chi connectivity index (χ4n) is 2.52. The Balaban J connectivity index is 1.88. The lowest BCUT2D eigenvalue weighted by Crippen LogP contribution is -2.29. The maximum absolute atomic E-state index is 13.2. The third-order valence-corrected chi connectivity index (χ3v) is 5.87. The van der Waals surface area contributed by atoms with Crippen LogP contribution in [0.25, 0.3) is 21.3 Å². The van der Waals surface area contributed by atoms with E-state index in [1.54, 1.807) is 19.2 Å². The summed E-state index contributed by atoms with van der Waals surface area (Å²) in [6.07, 6.45) is 0. The Bertz CT molecular complexity index is 1030. The standard InChI is InChI=1S/C19H20FN3O2S2/c1-11(2)8-21-15(24)10-27-19-22-17-16(18(25)23(19)3)14(9-26-17)12-4-6-13(20)7-5-12/h4-7,9,11H,8,10H2,1-3H3,(H,21,24). The van der Waals surface area contributed by atoms with Crippen molar-refractivity contribution in [2.75, 3.05) is 12.3 Å². The molecule has 1 amide bonds. The summed E-state index contributed by atoms with van der Waals surface area (Å²) in [5.74, 6) is 0.183. The molecule has 0 saturated heterocycles. The van der Waals surface area contributed by atoms with Gasteiger partial charge in [-0.1, -0.05) is 37.7 Å². The molecular formula is C19H20FN3O2S2. The van der Waals surface area contributed by atoms with E-state index < -0.39 is 0 Å². The molecule has 142 valence electrons. The number of aromatic nitrogens is 2. The molecule has 0 aliphatic carbocycles. The van der Waals surface area contributed by atoms with Gasteiger partial charge >= 0.3 is 0 Å². The predicted molar refractivity (Wildman–Crippen MR) is 109 cm³/mol. The van der Waals surface area contributed by atoms with Crippen LogP contribution in [0.15, 0.2) is 39.6 Å². The normalized spacial score (nSPS) is 11.3. The van der Waals surface area contributed by atoms with Crippen LogP contribution < -0.4 is 10.9 Å². The molecule has 0 fully saturated rings. The summed E-state index contributed by atoms with van der Waals surface area (Å²) in [4.78, 5) is 30.0. The number of rotatable bonds is 6. The van der Waals surface area contributed by atoms with Gasteiger partial charge in [0.05, 0.1) is 11.1 Å². The number of hydrogen-bond donors (Lipinski definition) is 1. The quantitative estimate of drug-likeness (QED) is 0.502. The van der Waals surface area contributed by atoms with Crippen LogP contribution in [-0.2, 0) is 11.8 Å². The Kier molecular flexibility index (Phi) is 5.96. The lowest BCUT2D eigenvalue weighted by Gasteiger charge is -2.09. The van der Waals surface area contributed by atoms with Crippen molar-refractivity contribution in [3.63, 3.8) is 0 Å². The van der Waals surface area contributed by atoms with Gasteiger partial charge in [-0.2, -0.15) is 0 Å². The van der Waals surface area contributed by atoms with Crippen LogP contribution in [0.5, 0.6) is 0 Å². The zero-order valence-corrected chi connectivity index (χ0v) is 16.9. The lowest BCUT2D eigenvalue weighted by atomic mass is 10.1. The predicted octanol–water partition coefficient (Wildman–Crippen LogP) is 3.67. The average Bonchev–Trinajstić information content (AvgIpc) is 3.06. The molecule has 5 nitrogen and oxygen atoms in total. The van der Waals surface area contributed by atoms with Crippen LogP contribution in [0.1, 0.15) is 13.8 Å². The Morgan fingerprint density at radius 3 is 2.70 bits per heavy atom. The first-order chi connectivity index (χ1) is 12.9. The summed E-state index contributed by atoms with van der Waals surface area (Å²) in [5, 5.41) is 5.72. The van der Waals surface area contributed by atoms with Gasteiger partial charge in [0.25, 0.3) is 5.56 Å². The van der Waals surface area contributed by atoms with Gasteiger partial charge in [-0.3, -0.25) is 14.2 Å². The highest BCUT2D eigenvalue weighted by Crippen LogP contribution is 2.32. The first-order valence-electron chi connectivity index (χ1n) is 8.50. The average molecular weight is 406 g/mol. The fraction of sp³-hybridized carbons (Fsp3) is 0.316. The van der Waals surface area contributed by atoms with Crippen LogP contribution in [-0.4, -0.2) is 27.8 Å². The van der Waals surface area contributed by atoms with E-state index >= 15 is 0 Å². The van der Waals surface area contributed by atoms with Crippen LogP contribution in [0, 0.1) is 11.7 Å². The Labute approximate surface area is 164 Å². The van der Waals surface area contributed by atoms with E-state index in [9.17, 15) is 14.0 Å². The number of thioether (sulfide) groups is 1. The number of benzene rings is 1. The molecule has 0 spiro atoms.